The van der Waals surface area contributed by atoms with Crippen molar-refractivity contribution in [2.45, 2.75) is 0 Å². The summed E-state index contributed by atoms with van der Waals surface area (Å²) in [6.07, 6.45) is 8.04. The number of hydrogen-bond donors (Lipinski definition) is 3. The van der Waals surface area contributed by atoms with Gasteiger partial charge in [0.25, 0.3) is 0 Å². The number of benzene rings is 2. The Morgan fingerprint density at radius 1 is 0.560 bits per heavy atom. The third kappa shape index (κ3) is 2.13. The molecule has 0 saturated carbocycles. The number of rotatable bonds is 2. The zero-order valence-electron chi connectivity index (χ0n) is 13.0. The molecule has 2 aromatic carbocycles. The van der Waals surface area contributed by atoms with Crippen LogP contribution in [0.1, 0.15) is 0 Å². The van der Waals surface area contributed by atoms with E-state index in [2.05, 4.69) is 27.1 Å². The van der Waals surface area contributed by atoms with Gasteiger partial charge in [0, 0.05) is 57.8 Å². The van der Waals surface area contributed by atoms with Gasteiger partial charge in [-0.15, -0.1) is 0 Å². The van der Waals surface area contributed by atoms with Gasteiger partial charge < -0.3 is 15.0 Å². The van der Waals surface area contributed by atoms with Crippen LogP contribution in [-0.4, -0.2) is 15.0 Å². The monoisotopic (exact) mass is 365 g/mol. The summed E-state index contributed by atoms with van der Waals surface area (Å²) >= 11 is 12.6. The van der Waals surface area contributed by atoms with Crippen LogP contribution in [-0.2, 0) is 0 Å². The van der Waals surface area contributed by atoms with Crippen molar-refractivity contribution in [1.29, 1.82) is 0 Å². The highest BCUT2D eigenvalue weighted by atomic mass is 35.5. The van der Waals surface area contributed by atoms with Crippen molar-refractivity contribution >= 4 is 45.0 Å². The Morgan fingerprint density at radius 3 is 1.52 bits per heavy atom. The minimum Gasteiger partial charge on any atom is -0.366 e. The van der Waals surface area contributed by atoms with Crippen LogP contribution in [0.2, 0.25) is 10.0 Å². The standard InChI is InChI=1S/C20H13Cl2N3/c21-17-5-1-3-11-15(9-24-19(11)17)13-7-23-8-14(13)16-10-25-20-12(16)4-2-6-18(20)22/h1-10,23-25H. The molecular weight excluding hydrogens is 353 g/mol. The van der Waals surface area contributed by atoms with Crippen molar-refractivity contribution in [3.05, 3.63) is 71.2 Å². The number of nitrogens with one attached hydrogen (secondary N) is 3. The highest BCUT2D eigenvalue weighted by Gasteiger charge is 2.16. The van der Waals surface area contributed by atoms with E-state index >= 15 is 0 Å². The van der Waals surface area contributed by atoms with Crippen LogP contribution in [0.3, 0.4) is 0 Å². The summed E-state index contributed by atoms with van der Waals surface area (Å²) in [5, 5.41) is 3.65. The molecule has 0 bridgehead atoms. The van der Waals surface area contributed by atoms with Crippen LogP contribution in [0.25, 0.3) is 44.1 Å². The van der Waals surface area contributed by atoms with Gasteiger partial charge in [0.1, 0.15) is 0 Å². The van der Waals surface area contributed by atoms with Crippen molar-refractivity contribution in [2.24, 2.45) is 0 Å². The van der Waals surface area contributed by atoms with Gasteiger partial charge in [0.2, 0.25) is 0 Å². The Hall–Kier alpha value is -2.62. The Labute approximate surface area is 153 Å². The van der Waals surface area contributed by atoms with Crippen LogP contribution >= 0.6 is 23.2 Å². The fourth-order valence-corrected chi connectivity index (χ4v) is 3.95. The van der Waals surface area contributed by atoms with E-state index in [0.717, 1.165) is 54.1 Å². The molecule has 0 aliphatic rings. The van der Waals surface area contributed by atoms with Gasteiger partial charge in [0.15, 0.2) is 0 Å². The molecule has 0 atom stereocenters. The summed E-state index contributed by atoms with van der Waals surface area (Å²) < 4.78 is 0. The van der Waals surface area contributed by atoms with E-state index in [1.165, 1.54) is 0 Å². The Bertz CT molecular complexity index is 1130. The maximum Gasteiger partial charge on any atom is 0.0649 e. The van der Waals surface area contributed by atoms with E-state index in [9.17, 15) is 0 Å². The number of H-pyrrole nitrogens is 3. The summed E-state index contributed by atoms with van der Waals surface area (Å²) in [5.41, 5.74) is 6.38. The summed E-state index contributed by atoms with van der Waals surface area (Å²) in [5.74, 6) is 0. The summed E-state index contributed by atoms with van der Waals surface area (Å²) in [6.45, 7) is 0. The zero-order chi connectivity index (χ0) is 17.0. The maximum atomic E-state index is 6.31. The van der Waals surface area contributed by atoms with Crippen LogP contribution in [0.15, 0.2) is 61.2 Å². The Morgan fingerprint density at radius 2 is 1.04 bits per heavy atom. The Balaban J connectivity index is 1.77. The third-order valence-electron chi connectivity index (χ3n) is 4.66. The smallest absolute Gasteiger partial charge is 0.0649 e. The zero-order valence-corrected chi connectivity index (χ0v) is 14.5. The van der Waals surface area contributed by atoms with Crippen LogP contribution < -0.4 is 0 Å². The highest BCUT2D eigenvalue weighted by molar-refractivity contribution is 6.36. The second-order valence-electron chi connectivity index (χ2n) is 6.01. The second kappa shape index (κ2) is 5.45. The van der Waals surface area contributed by atoms with Crippen LogP contribution in [0, 0.1) is 0 Å². The average Bonchev–Trinajstić information content (AvgIpc) is 3.32. The first-order chi connectivity index (χ1) is 12.2. The summed E-state index contributed by atoms with van der Waals surface area (Å²) in [4.78, 5) is 9.82. The largest absolute Gasteiger partial charge is 0.366 e. The second-order valence-corrected chi connectivity index (χ2v) is 6.83. The maximum absolute atomic E-state index is 6.31. The number of fused-ring (bicyclic) bond motifs is 2. The normalized spacial score (nSPS) is 11.6. The van der Waals surface area contributed by atoms with Crippen molar-refractivity contribution in [2.75, 3.05) is 0 Å². The lowest BCUT2D eigenvalue weighted by molar-refractivity contribution is 1.41. The molecule has 3 heterocycles. The molecule has 0 radical (unpaired) electrons. The molecule has 122 valence electrons. The number of aromatic nitrogens is 3. The molecule has 3 nitrogen and oxygen atoms in total. The van der Waals surface area contributed by atoms with Crippen molar-refractivity contribution < 1.29 is 0 Å². The molecule has 0 fully saturated rings. The lowest BCUT2D eigenvalue weighted by atomic mass is 9.98. The van der Waals surface area contributed by atoms with E-state index in [-0.39, 0.29) is 0 Å². The van der Waals surface area contributed by atoms with E-state index in [1.54, 1.807) is 0 Å². The fourth-order valence-electron chi connectivity index (χ4n) is 3.49. The lowest BCUT2D eigenvalue weighted by Crippen LogP contribution is -1.78. The molecule has 0 amide bonds. The van der Waals surface area contributed by atoms with Crippen molar-refractivity contribution in [1.82, 2.24) is 15.0 Å². The van der Waals surface area contributed by atoms with Gasteiger partial charge in [-0.2, -0.15) is 0 Å². The molecule has 0 spiro atoms. The predicted octanol–water partition coefficient (Wildman–Crippen LogP) is 6.62. The summed E-state index contributed by atoms with van der Waals surface area (Å²) in [7, 11) is 0. The molecular formula is C20H13Cl2N3. The van der Waals surface area contributed by atoms with Gasteiger partial charge in [-0.3, -0.25) is 0 Å². The van der Waals surface area contributed by atoms with Crippen LogP contribution in [0.5, 0.6) is 0 Å². The number of aromatic amines is 3. The van der Waals surface area contributed by atoms with E-state index in [1.807, 2.05) is 49.1 Å². The van der Waals surface area contributed by atoms with Gasteiger partial charge in [-0.25, -0.2) is 0 Å². The first-order valence-electron chi connectivity index (χ1n) is 7.93. The average molecular weight is 366 g/mol. The molecule has 3 aromatic heterocycles. The quantitative estimate of drug-likeness (QED) is 0.315. The minimum atomic E-state index is 0.722. The fraction of sp³-hybridized carbons (Fsp3) is 0. The molecule has 5 aromatic rings. The van der Waals surface area contributed by atoms with E-state index < -0.39 is 0 Å². The molecule has 0 aliphatic carbocycles. The number of hydrogen-bond acceptors (Lipinski definition) is 0. The first-order valence-corrected chi connectivity index (χ1v) is 8.68. The molecule has 5 rings (SSSR count). The molecule has 25 heavy (non-hydrogen) atoms. The van der Waals surface area contributed by atoms with Crippen molar-refractivity contribution in [3.8, 4) is 22.3 Å². The number of halogens is 2. The van der Waals surface area contributed by atoms with Gasteiger partial charge in [0.05, 0.1) is 21.1 Å². The van der Waals surface area contributed by atoms with E-state index in [0.29, 0.717) is 0 Å². The van der Waals surface area contributed by atoms with Crippen molar-refractivity contribution in [3.63, 3.8) is 0 Å². The minimum absolute atomic E-state index is 0.722. The first kappa shape index (κ1) is 14.7. The topological polar surface area (TPSA) is 47.4 Å². The lowest BCUT2D eigenvalue weighted by Gasteiger charge is -2.03. The van der Waals surface area contributed by atoms with E-state index in [4.69, 9.17) is 23.2 Å². The molecule has 0 saturated heterocycles. The Kier molecular flexibility index (Phi) is 3.20. The highest BCUT2D eigenvalue weighted by Crippen LogP contribution is 2.40. The van der Waals surface area contributed by atoms with Gasteiger partial charge >= 0.3 is 0 Å². The molecule has 0 aliphatic heterocycles. The molecule has 3 N–H and O–H groups in total. The van der Waals surface area contributed by atoms with Gasteiger partial charge in [-0.05, 0) is 12.1 Å². The number of para-hydroxylation sites is 2. The SMILES string of the molecule is Clc1cccc2c(-c3c[nH]cc3-c3c[nH]c4c(Cl)cccc34)c[nH]c12. The summed E-state index contributed by atoms with van der Waals surface area (Å²) in [6, 6.07) is 11.9. The third-order valence-corrected chi connectivity index (χ3v) is 5.29. The van der Waals surface area contributed by atoms with Crippen LogP contribution in [0.4, 0.5) is 0 Å². The molecule has 5 heteroatoms. The van der Waals surface area contributed by atoms with Gasteiger partial charge in [-0.1, -0.05) is 47.5 Å². The molecule has 0 unspecified atom stereocenters. The predicted molar refractivity (Wildman–Crippen MR) is 105 cm³/mol.